The number of nitrogens with zero attached hydrogens (tertiary/aromatic N) is 2. The summed E-state index contributed by atoms with van der Waals surface area (Å²) in [5.41, 5.74) is 0. The van der Waals surface area contributed by atoms with E-state index in [9.17, 15) is 0 Å². The molecule has 0 radical (unpaired) electrons. The molecule has 1 saturated carbocycles. The van der Waals surface area contributed by atoms with Gasteiger partial charge in [0.2, 0.25) is 5.89 Å². The number of hydrogen-bond acceptors (Lipinski definition) is 4. The molecular formula is C14H25N3O. The van der Waals surface area contributed by atoms with Crippen molar-refractivity contribution < 1.29 is 4.52 Å². The monoisotopic (exact) mass is 251 g/mol. The Morgan fingerprint density at radius 3 is 2.56 bits per heavy atom. The molecule has 0 amide bonds. The first-order chi connectivity index (χ1) is 8.81. The van der Waals surface area contributed by atoms with Gasteiger partial charge in [0, 0.05) is 5.92 Å². The molecule has 1 N–H and O–H groups in total. The van der Waals surface area contributed by atoms with Crippen molar-refractivity contribution in [2.75, 3.05) is 6.54 Å². The van der Waals surface area contributed by atoms with Crippen molar-refractivity contribution in [2.24, 2.45) is 0 Å². The maximum atomic E-state index is 5.38. The Morgan fingerprint density at radius 1 is 1.22 bits per heavy atom. The lowest BCUT2D eigenvalue weighted by atomic mass is 9.91. The van der Waals surface area contributed by atoms with E-state index in [4.69, 9.17) is 4.52 Å². The molecule has 0 bridgehead atoms. The van der Waals surface area contributed by atoms with Crippen LogP contribution in [0.5, 0.6) is 0 Å². The average Bonchev–Trinajstić information content (AvgIpc) is 2.78. The van der Waals surface area contributed by atoms with Gasteiger partial charge in [0.15, 0.2) is 5.82 Å². The van der Waals surface area contributed by atoms with Gasteiger partial charge >= 0.3 is 0 Å². The fourth-order valence-corrected chi connectivity index (χ4v) is 2.70. The van der Waals surface area contributed by atoms with Crippen molar-refractivity contribution >= 4 is 0 Å². The molecule has 1 aromatic rings. The fourth-order valence-electron chi connectivity index (χ4n) is 2.70. The van der Waals surface area contributed by atoms with E-state index in [1.807, 2.05) is 0 Å². The largest absolute Gasteiger partial charge is 0.338 e. The van der Waals surface area contributed by atoms with Crippen LogP contribution in [0.3, 0.4) is 0 Å². The first kappa shape index (κ1) is 13.5. The molecular weight excluding hydrogens is 226 g/mol. The van der Waals surface area contributed by atoms with Crippen LogP contribution in [0.25, 0.3) is 0 Å². The van der Waals surface area contributed by atoms with Gasteiger partial charge in [0.25, 0.3) is 0 Å². The summed E-state index contributed by atoms with van der Waals surface area (Å²) in [5.74, 6) is 2.17. The third-order valence-corrected chi connectivity index (χ3v) is 3.81. The molecule has 1 aromatic heterocycles. The van der Waals surface area contributed by atoms with Crippen LogP contribution in [0.4, 0.5) is 0 Å². The lowest BCUT2D eigenvalue weighted by Crippen LogP contribution is -2.18. The second-order valence-electron chi connectivity index (χ2n) is 5.31. The van der Waals surface area contributed by atoms with E-state index in [0.717, 1.165) is 18.3 Å². The summed E-state index contributed by atoms with van der Waals surface area (Å²) in [6.07, 6.45) is 9.14. The van der Waals surface area contributed by atoms with Crippen LogP contribution in [-0.4, -0.2) is 16.7 Å². The van der Waals surface area contributed by atoms with E-state index in [2.05, 4.69) is 29.3 Å². The molecule has 1 aliphatic rings. The Hall–Kier alpha value is -0.900. The van der Waals surface area contributed by atoms with Crippen LogP contribution >= 0.6 is 0 Å². The highest BCUT2D eigenvalue weighted by atomic mass is 16.5. The number of nitrogens with one attached hydrogen (secondary N) is 1. The van der Waals surface area contributed by atoms with Crippen LogP contribution in [-0.2, 0) is 0 Å². The molecule has 102 valence electrons. The highest BCUT2D eigenvalue weighted by molar-refractivity contribution is 4.98. The lowest BCUT2D eigenvalue weighted by molar-refractivity contribution is 0.333. The van der Waals surface area contributed by atoms with Gasteiger partial charge in [-0.2, -0.15) is 4.98 Å². The Balaban J connectivity index is 1.98. The Morgan fingerprint density at radius 2 is 1.89 bits per heavy atom. The van der Waals surface area contributed by atoms with E-state index in [-0.39, 0.29) is 6.04 Å². The molecule has 4 nitrogen and oxygen atoms in total. The summed E-state index contributed by atoms with van der Waals surface area (Å²) < 4.78 is 5.38. The first-order valence-electron chi connectivity index (χ1n) is 7.38. The minimum absolute atomic E-state index is 0.157. The summed E-state index contributed by atoms with van der Waals surface area (Å²) in [4.78, 5) is 4.58. The van der Waals surface area contributed by atoms with E-state index >= 15 is 0 Å². The fraction of sp³-hybridized carbons (Fsp3) is 0.857. The number of rotatable bonds is 4. The third-order valence-electron chi connectivity index (χ3n) is 3.81. The summed E-state index contributed by atoms with van der Waals surface area (Å²) in [5, 5.41) is 7.49. The molecule has 2 rings (SSSR count). The third kappa shape index (κ3) is 3.55. The van der Waals surface area contributed by atoms with Gasteiger partial charge in [-0.05, 0) is 26.3 Å². The van der Waals surface area contributed by atoms with Gasteiger partial charge in [-0.1, -0.05) is 44.2 Å². The maximum Gasteiger partial charge on any atom is 0.243 e. The summed E-state index contributed by atoms with van der Waals surface area (Å²) in [6.45, 7) is 5.07. The van der Waals surface area contributed by atoms with Crippen molar-refractivity contribution in [3.05, 3.63) is 11.7 Å². The Labute approximate surface area is 110 Å². The van der Waals surface area contributed by atoms with Crippen molar-refractivity contribution in [1.29, 1.82) is 0 Å². The first-order valence-corrected chi connectivity index (χ1v) is 7.38. The smallest absolute Gasteiger partial charge is 0.243 e. The van der Waals surface area contributed by atoms with Gasteiger partial charge in [-0.15, -0.1) is 0 Å². The zero-order valence-corrected chi connectivity index (χ0v) is 11.6. The maximum absolute atomic E-state index is 5.38. The molecule has 1 atom stereocenters. The van der Waals surface area contributed by atoms with E-state index in [1.165, 1.54) is 44.9 Å². The van der Waals surface area contributed by atoms with Gasteiger partial charge < -0.3 is 9.84 Å². The van der Waals surface area contributed by atoms with Crippen LogP contribution in [0, 0.1) is 0 Å². The molecule has 0 spiro atoms. The van der Waals surface area contributed by atoms with E-state index in [1.54, 1.807) is 0 Å². The topological polar surface area (TPSA) is 51.0 Å². The Bertz CT molecular complexity index is 343. The molecule has 1 aliphatic carbocycles. The molecule has 1 heterocycles. The molecule has 4 heteroatoms. The van der Waals surface area contributed by atoms with Crippen LogP contribution in [0.15, 0.2) is 4.52 Å². The highest BCUT2D eigenvalue weighted by Crippen LogP contribution is 2.29. The molecule has 0 aromatic carbocycles. The highest BCUT2D eigenvalue weighted by Gasteiger charge is 2.21. The minimum atomic E-state index is 0.157. The molecule has 0 aliphatic heterocycles. The van der Waals surface area contributed by atoms with Crippen molar-refractivity contribution in [2.45, 2.75) is 70.8 Å². The second kappa shape index (κ2) is 6.88. The number of aromatic nitrogens is 2. The SMILES string of the molecule is CCNC(C)c1nc(C2CCCCCCC2)no1. The normalized spacial score (nSPS) is 20.3. The van der Waals surface area contributed by atoms with Gasteiger partial charge in [-0.3, -0.25) is 0 Å². The van der Waals surface area contributed by atoms with Gasteiger partial charge in [0.05, 0.1) is 6.04 Å². The lowest BCUT2D eigenvalue weighted by Gasteiger charge is -2.15. The van der Waals surface area contributed by atoms with Crippen molar-refractivity contribution in [3.63, 3.8) is 0 Å². The van der Waals surface area contributed by atoms with E-state index < -0.39 is 0 Å². The zero-order chi connectivity index (χ0) is 12.8. The predicted octanol–water partition coefficient (Wildman–Crippen LogP) is 3.57. The Kier molecular flexibility index (Phi) is 5.17. The predicted molar refractivity (Wildman–Crippen MR) is 71.4 cm³/mol. The summed E-state index contributed by atoms with van der Waals surface area (Å²) >= 11 is 0. The zero-order valence-electron chi connectivity index (χ0n) is 11.6. The summed E-state index contributed by atoms with van der Waals surface area (Å²) in [6, 6.07) is 0.157. The minimum Gasteiger partial charge on any atom is -0.338 e. The van der Waals surface area contributed by atoms with Crippen LogP contribution in [0.2, 0.25) is 0 Å². The van der Waals surface area contributed by atoms with Crippen molar-refractivity contribution in [1.82, 2.24) is 15.5 Å². The molecule has 18 heavy (non-hydrogen) atoms. The molecule has 1 fully saturated rings. The van der Waals surface area contributed by atoms with Gasteiger partial charge in [-0.25, -0.2) is 0 Å². The molecule has 0 saturated heterocycles. The summed E-state index contributed by atoms with van der Waals surface area (Å²) in [7, 11) is 0. The van der Waals surface area contributed by atoms with Crippen LogP contribution in [0.1, 0.15) is 82.5 Å². The standard InChI is InChI=1S/C14H25N3O/c1-3-15-11(2)14-16-13(17-18-14)12-9-7-5-4-6-8-10-12/h11-12,15H,3-10H2,1-2H3. The number of hydrogen-bond donors (Lipinski definition) is 1. The molecule has 1 unspecified atom stereocenters. The quantitative estimate of drug-likeness (QED) is 0.888. The average molecular weight is 251 g/mol. The van der Waals surface area contributed by atoms with Gasteiger partial charge in [0.1, 0.15) is 0 Å². The second-order valence-corrected chi connectivity index (χ2v) is 5.31. The van der Waals surface area contributed by atoms with Crippen LogP contribution < -0.4 is 5.32 Å². The van der Waals surface area contributed by atoms with E-state index in [0.29, 0.717) is 5.92 Å². The van der Waals surface area contributed by atoms with Crippen molar-refractivity contribution in [3.8, 4) is 0 Å².